The molecule has 1 aliphatic heterocycles. The van der Waals surface area contributed by atoms with E-state index in [2.05, 4.69) is 5.32 Å². The van der Waals surface area contributed by atoms with Crippen molar-refractivity contribution in [1.82, 2.24) is 5.32 Å². The summed E-state index contributed by atoms with van der Waals surface area (Å²) in [5, 5.41) is 3.18. The Bertz CT molecular complexity index is 562. The Morgan fingerprint density at radius 2 is 2.00 bits per heavy atom. The van der Waals surface area contributed by atoms with E-state index in [1.165, 1.54) is 7.11 Å². The predicted molar refractivity (Wildman–Crippen MR) is 81.8 cm³/mol. The molecule has 21 heavy (non-hydrogen) atoms. The lowest BCUT2D eigenvalue weighted by Gasteiger charge is -2.38. The van der Waals surface area contributed by atoms with E-state index in [1.807, 2.05) is 13.8 Å². The molecular weight excluding hydrogens is 292 g/mol. The number of carbonyl (C=O) groups excluding carboxylic acids is 2. The maximum atomic E-state index is 12.6. The van der Waals surface area contributed by atoms with Crippen LogP contribution in [0.5, 0.6) is 5.75 Å². The Morgan fingerprint density at radius 1 is 1.29 bits per heavy atom. The quantitative estimate of drug-likeness (QED) is 0.929. The van der Waals surface area contributed by atoms with Crippen LogP contribution in [0.25, 0.3) is 0 Å². The summed E-state index contributed by atoms with van der Waals surface area (Å²) in [6.45, 7) is 3.75. The van der Waals surface area contributed by atoms with E-state index in [1.54, 1.807) is 23.1 Å². The average Bonchev–Trinajstić information content (AvgIpc) is 2.48. The minimum absolute atomic E-state index is 0.106. The second kappa shape index (κ2) is 6.35. The van der Waals surface area contributed by atoms with Crippen LogP contribution in [0.3, 0.4) is 0 Å². The number of carbonyl (C=O) groups is 2. The van der Waals surface area contributed by atoms with Crippen molar-refractivity contribution in [2.45, 2.75) is 38.8 Å². The van der Waals surface area contributed by atoms with Gasteiger partial charge in [0.25, 0.3) is 0 Å². The van der Waals surface area contributed by atoms with E-state index in [0.29, 0.717) is 29.3 Å². The van der Waals surface area contributed by atoms with Gasteiger partial charge in [-0.1, -0.05) is 25.4 Å². The molecule has 2 unspecified atom stereocenters. The molecule has 2 amide bonds. The van der Waals surface area contributed by atoms with Crippen molar-refractivity contribution in [2.75, 3.05) is 12.0 Å². The van der Waals surface area contributed by atoms with Crippen molar-refractivity contribution in [1.29, 1.82) is 0 Å². The highest BCUT2D eigenvalue weighted by atomic mass is 35.5. The number of benzene rings is 1. The molecule has 1 aromatic rings. The van der Waals surface area contributed by atoms with Crippen LogP contribution >= 0.6 is 11.6 Å². The summed E-state index contributed by atoms with van der Waals surface area (Å²) >= 11 is 6.13. The smallest absolute Gasteiger partial charge is 0.250 e. The summed E-state index contributed by atoms with van der Waals surface area (Å²) in [7, 11) is 1.53. The fraction of sp³-hybridized carbons (Fsp3) is 0.467. The molecular formula is C15H19ClN2O3. The Hall–Kier alpha value is -1.75. The van der Waals surface area contributed by atoms with Crippen molar-refractivity contribution in [3.05, 3.63) is 23.2 Å². The molecule has 0 saturated carbocycles. The van der Waals surface area contributed by atoms with Gasteiger partial charge in [0, 0.05) is 5.69 Å². The lowest BCUT2D eigenvalue weighted by Crippen LogP contribution is -2.63. The predicted octanol–water partition coefficient (Wildman–Crippen LogP) is 2.37. The first-order valence-electron chi connectivity index (χ1n) is 7.00. The first-order chi connectivity index (χ1) is 10.0. The van der Waals surface area contributed by atoms with Gasteiger partial charge in [0.1, 0.15) is 17.8 Å². The van der Waals surface area contributed by atoms with Crippen molar-refractivity contribution in [3.8, 4) is 5.75 Å². The maximum absolute atomic E-state index is 12.6. The number of amides is 2. The zero-order valence-electron chi connectivity index (χ0n) is 12.4. The molecule has 6 heteroatoms. The van der Waals surface area contributed by atoms with Gasteiger partial charge in [-0.05, 0) is 31.0 Å². The number of methoxy groups -OCH3 is 1. The molecule has 1 saturated heterocycles. The van der Waals surface area contributed by atoms with Gasteiger partial charge < -0.3 is 10.1 Å². The van der Waals surface area contributed by atoms with Gasteiger partial charge in [-0.2, -0.15) is 0 Å². The van der Waals surface area contributed by atoms with Gasteiger partial charge >= 0.3 is 0 Å². The van der Waals surface area contributed by atoms with Gasteiger partial charge in [0.05, 0.1) is 12.1 Å². The van der Waals surface area contributed by atoms with Crippen LogP contribution in [-0.2, 0) is 9.59 Å². The van der Waals surface area contributed by atoms with E-state index >= 15 is 0 Å². The first-order valence-corrected chi connectivity index (χ1v) is 7.38. The minimum atomic E-state index is -0.509. The molecule has 114 valence electrons. The van der Waals surface area contributed by atoms with E-state index in [-0.39, 0.29) is 11.8 Å². The molecule has 1 aromatic carbocycles. The molecule has 0 aliphatic carbocycles. The van der Waals surface area contributed by atoms with E-state index in [0.717, 1.165) is 0 Å². The summed E-state index contributed by atoms with van der Waals surface area (Å²) < 4.78 is 5.12. The number of nitrogens with zero attached hydrogens (tertiary/aromatic N) is 1. The molecule has 0 spiro atoms. The number of hydrogen-bond acceptors (Lipinski definition) is 3. The van der Waals surface area contributed by atoms with Crippen LogP contribution in [0.15, 0.2) is 18.2 Å². The zero-order chi connectivity index (χ0) is 15.6. The largest absolute Gasteiger partial charge is 0.495 e. The number of nitrogens with one attached hydrogen (secondary N) is 1. The number of halogens is 1. The lowest BCUT2D eigenvalue weighted by atomic mass is 10.0. The number of ether oxygens (including phenoxy) is 1. The van der Waals surface area contributed by atoms with E-state index in [9.17, 15) is 9.59 Å². The molecule has 2 atom stereocenters. The zero-order valence-corrected chi connectivity index (χ0v) is 13.1. The third-order valence-corrected chi connectivity index (χ3v) is 3.97. The molecule has 0 bridgehead atoms. The third-order valence-electron chi connectivity index (χ3n) is 3.67. The van der Waals surface area contributed by atoms with Gasteiger partial charge in [0.15, 0.2) is 0 Å². The van der Waals surface area contributed by atoms with Crippen molar-refractivity contribution >= 4 is 29.1 Å². The normalized spacial score (nSPS) is 22.2. The number of piperazine rings is 1. The molecule has 1 heterocycles. The topological polar surface area (TPSA) is 58.6 Å². The molecule has 1 fully saturated rings. The summed E-state index contributed by atoms with van der Waals surface area (Å²) in [5.74, 6) is 0.301. The third kappa shape index (κ3) is 2.83. The standard InChI is InChI=1S/C15H19ClN2O3/c1-4-11-15(20)18(12(5-2)14(19)17-11)9-6-7-13(21-3)10(16)8-9/h6-8,11-12H,4-5H2,1-3H3,(H,17,19). The van der Waals surface area contributed by atoms with Crippen molar-refractivity contribution < 1.29 is 14.3 Å². The SMILES string of the molecule is CCC1NC(=O)C(CC)N(c2ccc(OC)c(Cl)c2)C1=O. The molecule has 2 rings (SSSR count). The van der Waals surface area contributed by atoms with Crippen molar-refractivity contribution in [3.63, 3.8) is 0 Å². The Morgan fingerprint density at radius 3 is 2.52 bits per heavy atom. The average molecular weight is 311 g/mol. The highest BCUT2D eigenvalue weighted by molar-refractivity contribution is 6.32. The summed E-state index contributed by atoms with van der Waals surface area (Å²) in [6, 6.07) is 4.11. The van der Waals surface area contributed by atoms with Crippen LogP contribution in [0.2, 0.25) is 5.02 Å². The number of hydrogen-bond donors (Lipinski definition) is 1. The fourth-order valence-corrected chi connectivity index (χ4v) is 2.78. The van der Waals surface area contributed by atoms with Crippen LogP contribution < -0.4 is 15.0 Å². The highest BCUT2D eigenvalue weighted by Crippen LogP contribution is 2.32. The van der Waals surface area contributed by atoms with Gasteiger partial charge in [0.2, 0.25) is 11.8 Å². The van der Waals surface area contributed by atoms with Gasteiger partial charge in [-0.25, -0.2) is 0 Å². The fourth-order valence-electron chi connectivity index (χ4n) is 2.53. The maximum Gasteiger partial charge on any atom is 0.250 e. The molecule has 1 N–H and O–H groups in total. The molecule has 0 aromatic heterocycles. The summed E-state index contributed by atoms with van der Waals surface area (Å²) in [5.41, 5.74) is 0.617. The van der Waals surface area contributed by atoms with Crippen LogP contribution in [0.4, 0.5) is 5.69 Å². The van der Waals surface area contributed by atoms with Gasteiger partial charge in [-0.15, -0.1) is 0 Å². The first kappa shape index (κ1) is 15.6. The van der Waals surface area contributed by atoms with Crippen LogP contribution in [0, 0.1) is 0 Å². The number of rotatable bonds is 4. The van der Waals surface area contributed by atoms with Gasteiger partial charge in [-0.3, -0.25) is 14.5 Å². The highest BCUT2D eigenvalue weighted by Gasteiger charge is 2.39. The Kier molecular flexibility index (Phi) is 4.73. The number of anilines is 1. The van der Waals surface area contributed by atoms with E-state index in [4.69, 9.17) is 16.3 Å². The van der Waals surface area contributed by atoms with Crippen molar-refractivity contribution in [2.24, 2.45) is 0 Å². The molecule has 1 aliphatic rings. The molecule has 5 nitrogen and oxygen atoms in total. The monoisotopic (exact) mass is 310 g/mol. The minimum Gasteiger partial charge on any atom is -0.495 e. The molecule has 0 radical (unpaired) electrons. The Labute approximate surface area is 129 Å². The van der Waals surface area contributed by atoms with Crippen LogP contribution in [-0.4, -0.2) is 31.0 Å². The lowest BCUT2D eigenvalue weighted by molar-refractivity contribution is -0.134. The van der Waals surface area contributed by atoms with Crippen LogP contribution in [0.1, 0.15) is 26.7 Å². The summed E-state index contributed by atoms with van der Waals surface area (Å²) in [6.07, 6.45) is 1.10. The Balaban J connectivity index is 2.43. The summed E-state index contributed by atoms with van der Waals surface area (Å²) in [4.78, 5) is 26.3. The second-order valence-electron chi connectivity index (χ2n) is 4.92. The second-order valence-corrected chi connectivity index (χ2v) is 5.33. The van der Waals surface area contributed by atoms with E-state index < -0.39 is 12.1 Å².